The fraction of sp³-hybridized carbons (Fsp3) is 0.619. The molecular formula is C21H31NO4. The molecule has 0 radical (unpaired) electrons. The van der Waals surface area contributed by atoms with Crippen LogP contribution in [0.25, 0.3) is 0 Å². The highest BCUT2D eigenvalue weighted by atomic mass is 16.7. The van der Waals surface area contributed by atoms with Crippen LogP contribution in [0.2, 0.25) is 0 Å². The number of Topliss-reactive ketones (excluding diaryl/α,β-unsaturated/α-hetero) is 1. The first-order valence-electron chi connectivity index (χ1n) is 9.04. The SMILES string of the molecule is CC(C)(C)C(=O)C[C@]1(C)C[C@](O)(C(C)(C)C)N(C(=O)c2ccccc2)O1. The number of carbonyl (C=O) groups is 2. The van der Waals surface area contributed by atoms with Gasteiger partial charge in [0.2, 0.25) is 0 Å². The predicted molar refractivity (Wildman–Crippen MR) is 100 cm³/mol. The van der Waals surface area contributed by atoms with E-state index in [-0.39, 0.29) is 18.6 Å². The third-order valence-corrected chi connectivity index (χ3v) is 5.05. The molecule has 1 aromatic carbocycles. The number of rotatable bonds is 3. The van der Waals surface area contributed by atoms with Crippen molar-refractivity contribution in [3.05, 3.63) is 35.9 Å². The molecule has 0 saturated carbocycles. The quantitative estimate of drug-likeness (QED) is 0.885. The molecule has 2 rings (SSSR count). The molecule has 5 heteroatoms. The molecule has 144 valence electrons. The zero-order chi connectivity index (χ0) is 20.0. The zero-order valence-corrected chi connectivity index (χ0v) is 16.9. The van der Waals surface area contributed by atoms with Crippen molar-refractivity contribution in [2.75, 3.05) is 0 Å². The molecule has 1 fully saturated rings. The van der Waals surface area contributed by atoms with E-state index in [0.29, 0.717) is 5.56 Å². The lowest BCUT2D eigenvalue weighted by Gasteiger charge is -2.41. The summed E-state index contributed by atoms with van der Waals surface area (Å²) >= 11 is 0. The van der Waals surface area contributed by atoms with Crippen molar-refractivity contribution in [1.82, 2.24) is 5.06 Å². The monoisotopic (exact) mass is 361 g/mol. The van der Waals surface area contributed by atoms with Gasteiger partial charge in [0, 0.05) is 29.2 Å². The predicted octanol–water partition coefficient (Wildman–Crippen LogP) is 3.96. The summed E-state index contributed by atoms with van der Waals surface area (Å²) in [5.74, 6) is -0.375. The molecule has 1 N–H and O–H groups in total. The Morgan fingerprint density at radius 2 is 1.65 bits per heavy atom. The average Bonchev–Trinajstić information content (AvgIpc) is 2.78. The minimum atomic E-state index is -1.52. The van der Waals surface area contributed by atoms with Gasteiger partial charge >= 0.3 is 0 Å². The standard InChI is InChI=1S/C21H31NO4/c1-18(2,3)16(23)13-20(7)14-21(25,19(4,5)6)22(26-20)17(24)15-11-9-8-10-12-15/h8-12,25H,13-14H2,1-7H3/t20-,21+/m1/s1. The molecule has 0 bridgehead atoms. The van der Waals surface area contributed by atoms with Gasteiger partial charge in [-0.3, -0.25) is 14.4 Å². The highest BCUT2D eigenvalue weighted by molar-refractivity contribution is 5.94. The van der Waals surface area contributed by atoms with Gasteiger partial charge in [-0.15, -0.1) is 0 Å². The van der Waals surface area contributed by atoms with E-state index in [1.54, 1.807) is 31.2 Å². The Morgan fingerprint density at radius 1 is 1.12 bits per heavy atom. The summed E-state index contributed by atoms with van der Waals surface area (Å²) in [6.07, 6.45) is 0.303. The highest BCUT2D eigenvalue weighted by Gasteiger charge is 2.60. The smallest absolute Gasteiger partial charge is 0.280 e. The van der Waals surface area contributed by atoms with Gasteiger partial charge in [-0.1, -0.05) is 59.7 Å². The van der Waals surface area contributed by atoms with Crippen LogP contribution < -0.4 is 0 Å². The van der Waals surface area contributed by atoms with Crippen LogP contribution in [0.3, 0.4) is 0 Å². The van der Waals surface area contributed by atoms with Crippen molar-refractivity contribution in [3.63, 3.8) is 0 Å². The molecule has 1 aliphatic rings. The van der Waals surface area contributed by atoms with E-state index >= 15 is 0 Å². The third kappa shape index (κ3) is 3.84. The summed E-state index contributed by atoms with van der Waals surface area (Å²) in [6.45, 7) is 12.9. The van der Waals surface area contributed by atoms with E-state index in [1.165, 1.54) is 0 Å². The van der Waals surface area contributed by atoms with E-state index in [9.17, 15) is 14.7 Å². The van der Waals surface area contributed by atoms with Crippen molar-refractivity contribution < 1.29 is 19.5 Å². The number of nitrogens with zero attached hydrogens (tertiary/aromatic N) is 1. The summed E-state index contributed by atoms with van der Waals surface area (Å²) in [5.41, 5.74) is -3.20. The van der Waals surface area contributed by atoms with Crippen LogP contribution in [0.5, 0.6) is 0 Å². The summed E-state index contributed by atoms with van der Waals surface area (Å²) < 4.78 is 0. The number of hydrogen-bond donors (Lipinski definition) is 1. The van der Waals surface area contributed by atoms with E-state index < -0.39 is 28.1 Å². The molecule has 0 aliphatic carbocycles. The van der Waals surface area contributed by atoms with Crippen LogP contribution in [0, 0.1) is 10.8 Å². The van der Waals surface area contributed by atoms with E-state index in [1.807, 2.05) is 47.6 Å². The summed E-state index contributed by atoms with van der Waals surface area (Å²) in [7, 11) is 0. The summed E-state index contributed by atoms with van der Waals surface area (Å²) in [6, 6.07) is 8.72. The zero-order valence-electron chi connectivity index (χ0n) is 16.9. The summed E-state index contributed by atoms with van der Waals surface area (Å²) in [4.78, 5) is 31.6. The maximum Gasteiger partial charge on any atom is 0.280 e. The second kappa shape index (κ2) is 6.46. The van der Waals surface area contributed by atoms with Crippen LogP contribution >= 0.6 is 0 Å². The lowest BCUT2D eigenvalue weighted by Crippen LogP contribution is -2.55. The first-order chi connectivity index (χ1) is 11.7. The molecule has 5 nitrogen and oxygen atoms in total. The number of hydrogen-bond acceptors (Lipinski definition) is 4. The fourth-order valence-corrected chi connectivity index (χ4v) is 3.10. The summed E-state index contributed by atoms with van der Waals surface area (Å²) in [5, 5.41) is 12.5. The first kappa shape index (κ1) is 20.6. The second-order valence-electron chi connectivity index (χ2n) is 9.60. The largest absolute Gasteiger partial charge is 0.368 e. The highest BCUT2D eigenvalue weighted by Crippen LogP contribution is 2.49. The van der Waals surface area contributed by atoms with Crippen LogP contribution in [-0.2, 0) is 9.63 Å². The molecule has 1 saturated heterocycles. The maximum absolute atomic E-state index is 13.0. The van der Waals surface area contributed by atoms with Gasteiger partial charge in [0.05, 0.1) is 0 Å². The van der Waals surface area contributed by atoms with Crippen molar-refractivity contribution in [2.45, 2.75) is 72.6 Å². The van der Waals surface area contributed by atoms with Gasteiger partial charge in [0.25, 0.3) is 5.91 Å². The normalized spacial score (nSPS) is 26.8. The number of amides is 1. The lowest BCUT2D eigenvalue weighted by molar-refractivity contribution is -0.257. The number of aliphatic hydroxyl groups is 1. The van der Waals surface area contributed by atoms with Gasteiger partial charge in [-0.05, 0) is 19.1 Å². The molecule has 1 heterocycles. The van der Waals surface area contributed by atoms with E-state index in [2.05, 4.69) is 0 Å². The minimum absolute atomic E-state index is 0.0327. The van der Waals surface area contributed by atoms with E-state index in [0.717, 1.165) is 5.06 Å². The van der Waals surface area contributed by atoms with Crippen LogP contribution in [0.1, 0.15) is 71.7 Å². The van der Waals surface area contributed by atoms with Gasteiger partial charge in [-0.25, -0.2) is 0 Å². The second-order valence-corrected chi connectivity index (χ2v) is 9.60. The van der Waals surface area contributed by atoms with Gasteiger partial charge in [-0.2, -0.15) is 5.06 Å². The maximum atomic E-state index is 13.0. The molecule has 1 aliphatic heterocycles. The topological polar surface area (TPSA) is 66.8 Å². The van der Waals surface area contributed by atoms with Crippen LogP contribution in [0.15, 0.2) is 30.3 Å². The van der Waals surface area contributed by atoms with Gasteiger partial charge in [0.1, 0.15) is 11.4 Å². The van der Waals surface area contributed by atoms with Crippen molar-refractivity contribution in [3.8, 4) is 0 Å². The number of hydroxylamine groups is 2. The fourth-order valence-electron chi connectivity index (χ4n) is 3.10. The van der Waals surface area contributed by atoms with Crippen LogP contribution in [0.4, 0.5) is 0 Å². The third-order valence-electron chi connectivity index (χ3n) is 5.05. The molecule has 1 amide bonds. The van der Waals surface area contributed by atoms with Crippen molar-refractivity contribution >= 4 is 11.7 Å². The number of benzene rings is 1. The van der Waals surface area contributed by atoms with E-state index in [4.69, 9.17) is 4.84 Å². The Kier molecular flexibility index (Phi) is 5.12. The molecule has 26 heavy (non-hydrogen) atoms. The Hall–Kier alpha value is -1.72. The Morgan fingerprint density at radius 3 is 2.12 bits per heavy atom. The van der Waals surface area contributed by atoms with Crippen molar-refractivity contribution in [1.29, 1.82) is 0 Å². The molecule has 2 atom stereocenters. The molecule has 0 spiro atoms. The Labute approximate surface area is 156 Å². The molecular weight excluding hydrogens is 330 g/mol. The molecule has 0 unspecified atom stereocenters. The molecule has 0 aromatic heterocycles. The first-order valence-corrected chi connectivity index (χ1v) is 9.04. The van der Waals surface area contributed by atoms with Gasteiger partial charge in [0.15, 0.2) is 5.72 Å². The average molecular weight is 361 g/mol. The Balaban J connectivity index is 2.40. The minimum Gasteiger partial charge on any atom is -0.368 e. The van der Waals surface area contributed by atoms with Crippen molar-refractivity contribution in [2.24, 2.45) is 10.8 Å². The lowest BCUT2D eigenvalue weighted by atomic mass is 9.75. The van der Waals surface area contributed by atoms with Crippen LogP contribution in [-0.4, -0.2) is 33.2 Å². The van der Waals surface area contributed by atoms with Gasteiger partial charge < -0.3 is 5.11 Å². The molecule has 1 aromatic rings. The Bertz CT molecular complexity index is 686. The number of carbonyl (C=O) groups excluding carboxylic acids is 2. The number of ketones is 1.